The van der Waals surface area contributed by atoms with E-state index in [1.165, 1.54) is 13.2 Å². The van der Waals surface area contributed by atoms with E-state index in [1.54, 1.807) is 42.5 Å². The van der Waals surface area contributed by atoms with Crippen LogP contribution in [0, 0.1) is 18.6 Å². The van der Waals surface area contributed by atoms with Crippen LogP contribution in [0.4, 0.5) is 20.2 Å². The molecular formula is C24H17ClF2N2O3. The third-order valence-corrected chi connectivity index (χ3v) is 5.32. The van der Waals surface area contributed by atoms with E-state index in [4.69, 9.17) is 16.3 Å². The van der Waals surface area contributed by atoms with Crippen molar-refractivity contribution < 1.29 is 23.1 Å². The molecule has 0 bridgehead atoms. The summed E-state index contributed by atoms with van der Waals surface area (Å²) in [5.41, 5.74) is 1.78. The van der Waals surface area contributed by atoms with Crippen molar-refractivity contribution in [2.45, 2.75) is 6.92 Å². The Hall–Kier alpha value is -3.71. The van der Waals surface area contributed by atoms with E-state index >= 15 is 0 Å². The van der Waals surface area contributed by atoms with Crippen LogP contribution in [-0.2, 0) is 9.59 Å². The number of nitrogens with zero attached hydrogens (tertiary/aromatic N) is 1. The molecular weight excluding hydrogens is 438 g/mol. The second kappa shape index (κ2) is 8.43. The highest BCUT2D eigenvalue weighted by molar-refractivity contribution is 6.46. The van der Waals surface area contributed by atoms with E-state index < -0.39 is 23.4 Å². The summed E-state index contributed by atoms with van der Waals surface area (Å²) in [7, 11) is 1.51. The lowest BCUT2D eigenvalue weighted by Crippen LogP contribution is -2.32. The summed E-state index contributed by atoms with van der Waals surface area (Å²) in [6, 6.07) is 14.5. The van der Waals surface area contributed by atoms with Gasteiger partial charge in [-0.3, -0.25) is 9.59 Å². The van der Waals surface area contributed by atoms with Crippen LogP contribution in [0.3, 0.4) is 0 Å². The highest BCUT2D eigenvalue weighted by Crippen LogP contribution is 2.35. The molecule has 0 saturated carbocycles. The maximum absolute atomic E-state index is 13.8. The van der Waals surface area contributed by atoms with Crippen LogP contribution in [0.2, 0.25) is 5.02 Å². The average molecular weight is 455 g/mol. The molecule has 0 aromatic heterocycles. The Morgan fingerprint density at radius 3 is 2.28 bits per heavy atom. The third-order valence-electron chi connectivity index (χ3n) is 5.08. The van der Waals surface area contributed by atoms with Crippen LogP contribution >= 0.6 is 11.6 Å². The zero-order chi connectivity index (χ0) is 23.0. The number of amides is 2. The lowest BCUT2D eigenvalue weighted by atomic mass is 10.0. The molecule has 0 aliphatic carbocycles. The number of carbonyl (C=O) groups excluding carboxylic acids is 2. The number of anilines is 2. The maximum Gasteiger partial charge on any atom is 0.282 e. The normalized spacial score (nSPS) is 13.7. The number of nitrogens with one attached hydrogen (secondary N) is 1. The SMILES string of the molecule is COc1ccc(C2=C(Nc3cc(Cl)ccc3C)C(=O)N(c3ccc(F)c(F)c3)C2=O)cc1. The number of imide groups is 1. The number of benzene rings is 3. The minimum atomic E-state index is -1.17. The van der Waals surface area contributed by atoms with Crippen molar-refractivity contribution in [2.75, 3.05) is 17.3 Å². The molecule has 1 aliphatic heterocycles. The van der Waals surface area contributed by atoms with Gasteiger partial charge < -0.3 is 10.1 Å². The molecule has 32 heavy (non-hydrogen) atoms. The molecule has 5 nitrogen and oxygen atoms in total. The molecule has 0 spiro atoms. The molecule has 0 saturated heterocycles. The van der Waals surface area contributed by atoms with E-state index in [9.17, 15) is 18.4 Å². The predicted molar refractivity (Wildman–Crippen MR) is 119 cm³/mol. The zero-order valence-electron chi connectivity index (χ0n) is 17.1. The van der Waals surface area contributed by atoms with E-state index in [0.717, 1.165) is 22.6 Å². The zero-order valence-corrected chi connectivity index (χ0v) is 17.8. The minimum Gasteiger partial charge on any atom is -0.497 e. The van der Waals surface area contributed by atoms with E-state index in [-0.39, 0.29) is 17.0 Å². The average Bonchev–Trinajstić information content (AvgIpc) is 3.02. The van der Waals surface area contributed by atoms with Gasteiger partial charge in [0.05, 0.1) is 18.4 Å². The Labute approximate surface area is 187 Å². The first kappa shape index (κ1) is 21.5. The first-order valence-corrected chi connectivity index (χ1v) is 9.93. The summed E-state index contributed by atoms with van der Waals surface area (Å²) in [5, 5.41) is 3.46. The van der Waals surface area contributed by atoms with Crippen LogP contribution in [0.15, 0.2) is 66.4 Å². The van der Waals surface area contributed by atoms with Gasteiger partial charge in [-0.25, -0.2) is 13.7 Å². The predicted octanol–water partition coefficient (Wildman–Crippen LogP) is 5.33. The standard InChI is InChI=1S/C24H17ClF2N2O3/c1-13-3-6-15(25)11-20(13)28-22-21(14-4-8-17(32-2)9-5-14)23(30)29(24(22)31)16-7-10-18(26)19(27)12-16/h3-12,28H,1-2H3. The third kappa shape index (κ3) is 3.83. The Morgan fingerprint density at radius 1 is 0.906 bits per heavy atom. The number of hydrogen-bond acceptors (Lipinski definition) is 4. The lowest BCUT2D eigenvalue weighted by Gasteiger charge is -2.16. The van der Waals surface area contributed by atoms with Crippen LogP contribution in [0.25, 0.3) is 5.57 Å². The molecule has 1 aliphatic rings. The number of hydrogen-bond donors (Lipinski definition) is 1. The fourth-order valence-corrected chi connectivity index (χ4v) is 3.57. The van der Waals surface area contributed by atoms with Crippen molar-refractivity contribution in [3.63, 3.8) is 0 Å². The molecule has 3 aromatic rings. The molecule has 4 rings (SSSR count). The fourth-order valence-electron chi connectivity index (χ4n) is 3.39. The summed E-state index contributed by atoms with van der Waals surface area (Å²) in [6.07, 6.45) is 0. The monoisotopic (exact) mass is 454 g/mol. The molecule has 0 atom stereocenters. The van der Waals surface area contributed by atoms with Gasteiger partial charge in [0.15, 0.2) is 11.6 Å². The first-order chi connectivity index (χ1) is 15.3. The Morgan fingerprint density at radius 2 is 1.62 bits per heavy atom. The quantitative estimate of drug-likeness (QED) is 0.529. The van der Waals surface area contributed by atoms with Gasteiger partial charge in [0, 0.05) is 16.8 Å². The van der Waals surface area contributed by atoms with Gasteiger partial charge in [0.25, 0.3) is 11.8 Å². The summed E-state index contributed by atoms with van der Waals surface area (Å²) in [6.45, 7) is 1.82. The van der Waals surface area contributed by atoms with Crippen molar-refractivity contribution in [3.8, 4) is 5.75 Å². The van der Waals surface area contributed by atoms with Crippen LogP contribution in [0.1, 0.15) is 11.1 Å². The summed E-state index contributed by atoms with van der Waals surface area (Å²) in [4.78, 5) is 27.5. The van der Waals surface area contributed by atoms with Gasteiger partial charge in [0.2, 0.25) is 0 Å². The largest absolute Gasteiger partial charge is 0.497 e. The lowest BCUT2D eigenvalue weighted by molar-refractivity contribution is -0.120. The Bertz CT molecular complexity index is 1270. The summed E-state index contributed by atoms with van der Waals surface area (Å²) in [5.74, 6) is -3.05. The van der Waals surface area contributed by atoms with Crippen LogP contribution < -0.4 is 15.0 Å². The topological polar surface area (TPSA) is 58.6 Å². The molecule has 1 N–H and O–H groups in total. The summed E-state index contributed by atoms with van der Waals surface area (Å²) < 4.78 is 32.4. The summed E-state index contributed by atoms with van der Waals surface area (Å²) >= 11 is 6.10. The van der Waals surface area contributed by atoms with Gasteiger partial charge >= 0.3 is 0 Å². The smallest absolute Gasteiger partial charge is 0.282 e. The van der Waals surface area contributed by atoms with E-state index in [1.807, 2.05) is 6.92 Å². The number of rotatable bonds is 5. The number of carbonyl (C=O) groups is 2. The van der Waals surface area contributed by atoms with Gasteiger partial charge in [-0.05, 0) is 54.4 Å². The van der Waals surface area contributed by atoms with Crippen molar-refractivity contribution in [2.24, 2.45) is 0 Å². The molecule has 1 heterocycles. The van der Waals surface area contributed by atoms with Crippen molar-refractivity contribution in [1.29, 1.82) is 0 Å². The fraction of sp³-hybridized carbons (Fsp3) is 0.0833. The Kier molecular flexibility index (Phi) is 5.67. The van der Waals surface area contributed by atoms with Crippen molar-refractivity contribution in [3.05, 3.63) is 94.1 Å². The van der Waals surface area contributed by atoms with Gasteiger partial charge in [0.1, 0.15) is 11.4 Å². The van der Waals surface area contributed by atoms with E-state index in [2.05, 4.69) is 5.32 Å². The number of aryl methyl sites for hydroxylation is 1. The Balaban J connectivity index is 1.84. The number of methoxy groups -OCH3 is 1. The highest BCUT2D eigenvalue weighted by Gasteiger charge is 2.40. The molecule has 0 fully saturated rings. The van der Waals surface area contributed by atoms with Crippen molar-refractivity contribution >= 4 is 40.4 Å². The van der Waals surface area contributed by atoms with Gasteiger partial charge in [-0.15, -0.1) is 0 Å². The molecule has 2 amide bonds. The second-order valence-corrected chi connectivity index (χ2v) is 7.54. The second-order valence-electron chi connectivity index (χ2n) is 7.11. The minimum absolute atomic E-state index is 0.00438. The van der Waals surface area contributed by atoms with Crippen LogP contribution in [-0.4, -0.2) is 18.9 Å². The number of halogens is 3. The molecule has 0 radical (unpaired) electrons. The van der Waals surface area contributed by atoms with Gasteiger partial charge in [-0.1, -0.05) is 29.8 Å². The molecule has 0 unspecified atom stereocenters. The van der Waals surface area contributed by atoms with E-state index in [0.29, 0.717) is 22.0 Å². The van der Waals surface area contributed by atoms with Crippen molar-refractivity contribution in [1.82, 2.24) is 0 Å². The van der Waals surface area contributed by atoms with Gasteiger partial charge in [-0.2, -0.15) is 0 Å². The molecule has 162 valence electrons. The number of ether oxygens (including phenoxy) is 1. The first-order valence-electron chi connectivity index (χ1n) is 9.56. The molecule has 8 heteroatoms. The highest BCUT2D eigenvalue weighted by atomic mass is 35.5. The van der Waals surface area contributed by atoms with Crippen LogP contribution in [0.5, 0.6) is 5.75 Å². The molecule has 3 aromatic carbocycles. The maximum atomic E-state index is 13.8.